The molecule has 2 aliphatic rings. The highest BCUT2D eigenvalue weighted by molar-refractivity contribution is 7.19. The third kappa shape index (κ3) is 7.03. The number of nitrogens with zero attached hydrogens (tertiary/aromatic N) is 4. The van der Waals surface area contributed by atoms with Crippen LogP contribution in [-0.4, -0.2) is 77.0 Å². The largest absolute Gasteiger partial charge is 0.477 e. The standard InChI is InChI=1S/C30H40N4O5S/c1-30(2,3)39-29(36)34-11-5-10-33(12-13-34)18-23-17-24-27(40-23)25(19-32(4)28(24)35)22-6-9-31-26(16-22)38-20-21-7-14-37-15-8-21/h6,9,16-17,19,21H,5,7-8,10-15,18,20H2,1-4H3. The van der Waals surface area contributed by atoms with Gasteiger partial charge in [0, 0.05) is 86.6 Å². The van der Waals surface area contributed by atoms with Gasteiger partial charge in [0.2, 0.25) is 5.88 Å². The number of pyridine rings is 2. The summed E-state index contributed by atoms with van der Waals surface area (Å²) in [6, 6.07) is 5.98. The average Bonchev–Trinajstić information content (AvgIpc) is 3.20. The summed E-state index contributed by atoms with van der Waals surface area (Å²) in [6.45, 7) is 11.6. The number of ether oxygens (including phenoxy) is 3. The van der Waals surface area contributed by atoms with E-state index in [0.717, 1.165) is 78.2 Å². The molecule has 5 heterocycles. The fourth-order valence-electron chi connectivity index (χ4n) is 5.22. The van der Waals surface area contributed by atoms with Crippen molar-refractivity contribution in [3.63, 3.8) is 0 Å². The number of amides is 1. The van der Waals surface area contributed by atoms with Crippen LogP contribution in [-0.2, 0) is 23.1 Å². The van der Waals surface area contributed by atoms with Crippen LogP contribution in [0.1, 0.15) is 44.9 Å². The molecule has 2 saturated heterocycles. The molecule has 0 aliphatic carbocycles. The van der Waals surface area contributed by atoms with Crippen LogP contribution in [0, 0.1) is 5.92 Å². The summed E-state index contributed by atoms with van der Waals surface area (Å²) in [7, 11) is 1.80. The highest BCUT2D eigenvalue weighted by Crippen LogP contribution is 2.35. The highest BCUT2D eigenvalue weighted by atomic mass is 32.1. The van der Waals surface area contributed by atoms with E-state index in [9.17, 15) is 9.59 Å². The first-order valence-corrected chi connectivity index (χ1v) is 15.0. The van der Waals surface area contributed by atoms with E-state index in [0.29, 0.717) is 31.5 Å². The van der Waals surface area contributed by atoms with E-state index < -0.39 is 5.60 Å². The summed E-state index contributed by atoms with van der Waals surface area (Å²) in [5.74, 6) is 1.08. The Kier molecular flexibility index (Phi) is 8.77. The van der Waals surface area contributed by atoms with Crippen LogP contribution in [0.2, 0.25) is 0 Å². The number of aromatic nitrogens is 2. The van der Waals surface area contributed by atoms with Gasteiger partial charge in [-0.3, -0.25) is 9.69 Å². The molecule has 1 amide bonds. The van der Waals surface area contributed by atoms with Gasteiger partial charge in [-0.25, -0.2) is 9.78 Å². The third-order valence-electron chi connectivity index (χ3n) is 7.37. The maximum Gasteiger partial charge on any atom is 0.410 e. The zero-order valence-corrected chi connectivity index (χ0v) is 24.8. The molecule has 216 valence electrons. The van der Waals surface area contributed by atoms with Gasteiger partial charge in [-0.05, 0) is 63.6 Å². The molecule has 0 aromatic carbocycles. The number of rotatable bonds is 6. The minimum Gasteiger partial charge on any atom is -0.477 e. The van der Waals surface area contributed by atoms with Gasteiger partial charge in [-0.15, -0.1) is 11.3 Å². The van der Waals surface area contributed by atoms with Crippen LogP contribution < -0.4 is 10.3 Å². The van der Waals surface area contributed by atoms with E-state index in [4.69, 9.17) is 14.2 Å². The molecule has 5 rings (SSSR count). The summed E-state index contributed by atoms with van der Waals surface area (Å²) in [6.07, 6.45) is 6.33. The van der Waals surface area contributed by atoms with Crippen molar-refractivity contribution in [2.45, 2.75) is 52.2 Å². The summed E-state index contributed by atoms with van der Waals surface area (Å²) in [4.78, 5) is 35.4. The lowest BCUT2D eigenvalue weighted by Crippen LogP contribution is -2.39. The first-order chi connectivity index (χ1) is 19.2. The maximum absolute atomic E-state index is 13.1. The second-order valence-electron chi connectivity index (χ2n) is 11.8. The Balaban J connectivity index is 1.32. The highest BCUT2D eigenvalue weighted by Gasteiger charge is 2.25. The minimum atomic E-state index is -0.503. The van der Waals surface area contributed by atoms with Crippen LogP contribution in [0.4, 0.5) is 4.79 Å². The van der Waals surface area contributed by atoms with Gasteiger partial charge in [-0.1, -0.05) is 0 Å². The van der Waals surface area contributed by atoms with Crippen LogP contribution in [0.5, 0.6) is 5.88 Å². The quantitative estimate of drug-likeness (QED) is 0.418. The molecule has 2 aliphatic heterocycles. The Morgan fingerprint density at radius 1 is 1.15 bits per heavy atom. The van der Waals surface area contributed by atoms with E-state index in [-0.39, 0.29) is 11.7 Å². The van der Waals surface area contributed by atoms with Crippen LogP contribution in [0.25, 0.3) is 21.2 Å². The van der Waals surface area contributed by atoms with E-state index in [1.54, 1.807) is 34.0 Å². The van der Waals surface area contributed by atoms with Gasteiger partial charge in [0.05, 0.1) is 12.0 Å². The lowest BCUT2D eigenvalue weighted by atomic mass is 10.0. The van der Waals surface area contributed by atoms with Gasteiger partial charge in [0.15, 0.2) is 0 Å². The van der Waals surface area contributed by atoms with Gasteiger partial charge in [0.1, 0.15) is 5.60 Å². The molecule has 0 unspecified atom stereocenters. The van der Waals surface area contributed by atoms with Crippen molar-refractivity contribution in [1.29, 1.82) is 0 Å². The molecule has 0 spiro atoms. The molecule has 0 atom stereocenters. The van der Waals surface area contributed by atoms with E-state index >= 15 is 0 Å². The summed E-state index contributed by atoms with van der Waals surface area (Å²) >= 11 is 1.66. The Morgan fingerprint density at radius 2 is 1.95 bits per heavy atom. The van der Waals surface area contributed by atoms with Gasteiger partial charge >= 0.3 is 6.09 Å². The number of carbonyl (C=O) groups is 1. The van der Waals surface area contributed by atoms with Crippen LogP contribution >= 0.6 is 11.3 Å². The molecule has 9 nitrogen and oxygen atoms in total. The zero-order valence-electron chi connectivity index (χ0n) is 24.0. The average molecular weight is 569 g/mol. The predicted molar refractivity (Wildman–Crippen MR) is 157 cm³/mol. The van der Waals surface area contributed by atoms with Gasteiger partial charge in [0.25, 0.3) is 5.56 Å². The normalized spacial score (nSPS) is 17.6. The topological polar surface area (TPSA) is 86.1 Å². The van der Waals surface area contributed by atoms with Crippen molar-refractivity contribution in [3.05, 3.63) is 45.8 Å². The van der Waals surface area contributed by atoms with E-state index in [1.165, 1.54) is 0 Å². The summed E-state index contributed by atoms with van der Waals surface area (Å²) < 4.78 is 19.7. The van der Waals surface area contributed by atoms with Crippen molar-refractivity contribution in [1.82, 2.24) is 19.4 Å². The number of hydrogen-bond acceptors (Lipinski definition) is 8. The van der Waals surface area contributed by atoms with Crippen LogP contribution in [0.3, 0.4) is 0 Å². The van der Waals surface area contributed by atoms with Crippen molar-refractivity contribution < 1.29 is 19.0 Å². The fraction of sp³-hybridized carbons (Fsp3) is 0.567. The molecule has 10 heteroatoms. The van der Waals surface area contributed by atoms with E-state index in [2.05, 4.69) is 9.88 Å². The van der Waals surface area contributed by atoms with Gasteiger partial charge in [-0.2, -0.15) is 0 Å². The SMILES string of the molecule is Cn1cc(-c2ccnc(OCC3CCOCC3)c2)c2sc(CN3CCCN(C(=O)OC(C)(C)C)CC3)cc2c1=O. The number of thiophene rings is 1. The molecule has 3 aromatic heterocycles. The van der Waals surface area contributed by atoms with Crippen molar-refractivity contribution in [2.75, 3.05) is 46.0 Å². The third-order valence-corrected chi connectivity index (χ3v) is 8.53. The molecule has 0 saturated carbocycles. The molecule has 2 fully saturated rings. The second-order valence-corrected chi connectivity index (χ2v) is 12.9. The Morgan fingerprint density at radius 3 is 2.73 bits per heavy atom. The predicted octanol–water partition coefficient (Wildman–Crippen LogP) is 4.91. The Bertz CT molecular complexity index is 1390. The van der Waals surface area contributed by atoms with Gasteiger partial charge < -0.3 is 23.7 Å². The number of aryl methyl sites for hydroxylation is 1. The number of fused-ring (bicyclic) bond motifs is 1. The molecule has 3 aromatic rings. The van der Waals surface area contributed by atoms with Crippen molar-refractivity contribution in [2.24, 2.45) is 13.0 Å². The first kappa shape index (κ1) is 28.6. The number of hydrogen-bond donors (Lipinski definition) is 0. The molecule has 0 N–H and O–H groups in total. The van der Waals surface area contributed by atoms with Crippen molar-refractivity contribution in [3.8, 4) is 17.0 Å². The molecular formula is C30H40N4O5S. The second kappa shape index (κ2) is 12.3. The number of carbonyl (C=O) groups excluding carboxylic acids is 1. The zero-order chi connectivity index (χ0) is 28.3. The Hall–Kier alpha value is -2.95. The Labute approximate surface area is 239 Å². The van der Waals surface area contributed by atoms with Crippen LogP contribution in [0.15, 0.2) is 35.4 Å². The fourth-order valence-corrected chi connectivity index (χ4v) is 6.44. The maximum atomic E-state index is 13.1. The molecule has 40 heavy (non-hydrogen) atoms. The molecular weight excluding hydrogens is 528 g/mol. The first-order valence-electron chi connectivity index (χ1n) is 14.2. The van der Waals surface area contributed by atoms with E-state index in [1.807, 2.05) is 45.2 Å². The lowest BCUT2D eigenvalue weighted by molar-refractivity contribution is 0.0257. The monoisotopic (exact) mass is 568 g/mol. The summed E-state index contributed by atoms with van der Waals surface area (Å²) in [5.41, 5.74) is 1.47. The summed E-state index contributed by atoms with van der Waals surface area (Å²) in [5, 5.41) is 0.728. The molecule has 0 bridgehead atoms. The smallest absolute Gasteiger partial charge is 0.410 e. The molecule has 0 radical (unpaired) electrons. The van der Waals surface area contributed by atoms with Crippen molar-refractivity contribution >= 4 is 27.5 Å². The lowest BCUT2D eigenvalue weighted by Gasteiger charge is -2.26. The minimum absolute atomic E-state index is 0.00161.